The third kappa shape index (κ3) is 9.70. The normalized spacial score (nSPS) is 19.5. The third-order valence-electron chi connectivity index (χ3n) is 1.15. The molecule has 0 spiro atoms. The van der Waals surface area contributed by atoms with Crippen LogP contribution in [0.15, 0.2) is 0 Å². The Hall–Kier alpha value is 2.02. The molecule has 0 aromatic heterocycles. The van der Waals surface area contributed by atoms with Crippen molar-refractivity contribution in [3.8, 4) is 0 Å². The monoisotopic (exact) mass is 352 g/mol. The Morgan fingerprint density at radius 1 is 1.00 bits per heavy atom. The highest BCUT2D eigenvalue weighted by Crippen LogP contribution is 2.54. The van der Waals surface area contributed by atoms with Crippen LogP contribution < -0.4 is 0 Å². The zero-order valence-corrected chi connectivity index (χ0v) is 13.0. The van der Waals surface area contributed by atoms with E-state index in [0.29, 0.717) is 0 Å². The first kappa shape index (κ1) is 17.0. The van der Waals surface area contributed by atoms with Crippen molar-refractivity contribution in [2.24, 2.45) is 0 Å². The molecule has 92 valence electrons. The van der Waals surface area contributed by atoms with Gasteiger partial charge in [0.25, 0.3) is 5.84 Å². The lowest BCUT2D eigenvalue weighted by Gasteiger charge is -2.17. The largest absolute Gasteiger partial charge is 0.316 e. The Labute approximate surface area is 119 Å². The second kappa shape index (κ2) is 9.02. The molecule has 2 unspecified atom stereocenters. The van der Waals surface area contributed by atoms with E-state index in [4.69, 9.17) is 78.5 Å². The maximum Gasteiger partial charge on any atom is 0.281 e. The quantitative estimate of drug-likeness (QED) is 0.481. The molecule has 0 aromatic carbocycles. The van der Waals surface area contributed by atoms with E-state index in [9.17, 15) is 0 Å². The molecular weight excluding hydrogens is 344 g/mol. The van der Waals surface area contributed by atoms with E-state index in [0.717, 1.165) is 0 Å². The topological polar surface area (TPSA) is 18.5 Å². The van der Waals surface area contributed by atoms with Crippen molar-refractivity contribution in [1.82, 2.24) is 0 Å². The van der Waals surface area contributed by atoms with Gasteiger partial charge in [0, 0.05) is 11.8 Å². The summed E-state index contributed by atoms with van der Waals surface area (Å²) < 4.78 is 10.3. The van der Waals surface area contributed by atoms with Crippen molar-refractivity contribution < 1.29 is 9.05 Å². The van der Waals surface area contributed by atoms with E-state index in [-0.39, 0.29) is 35.7 Å². The Morgan fingerprint density at radius 3 is 1.60 bits per heavy atom. The summed E-state index contributed by atoms with van der Waals surface area (Å²) in [7, 11) is 0. The molecule has 0 aromatic rings. The molecule has 0 radical (unpaired) electrons. The summed E-state index contributed by atoms with van der Waals surface area (Å²) in [4.78, 5) is 0. The average Bonchev–Trinajstić information content (AvgIpc) is 2.22. The van der Waals surface area contributed by atoms with Crippen LogP contribution in [0.4, 0.5) is 0 Å². The molecule has 0 rings (SSSR count). The number of halogens is 5. The van der Waals surface area contributed by atoms with Gasteiger partial charge in [-0.3, -0.25) is 0 Å². The molecule has 0 N–H and O–H groups in total. The second-order valence-corrected chi connectivity index (χ2v) is 9.13. The molecule has 2 nitrogen and oxygen atoms in total. The molecule has 0 saturated heterocycles. The predicted molar refractivity (Wildman–Crippen MR) is 72.8 cm³/mol. The highest BCUT2D eigenvalue weighted by atomic mass is 35.7. The van der Waals surface area contributed by atoms with Gasteiger partial charge in [0.05, 0.1) is 24.0 Å². The average molecular weight is 354 g/mol. The van der Waals surface area contributed by atoms with E-state index in [1.165, 1.54) is 0 Å². The Kier molecular flexibility index (Phi) is 10.2. The minimum Gasteiger partial charge on any atom is -0.316 e. The first-order valence-corrected chi connectivity index (χ1v) is 9.38. The van der Waals surface area contributed by atoms with Gasteiger partial charge in [-0.25, -0.2) is 0 Å². The first-order valence-electron chi connectivity index (χ1n) is 3.90. The fourth-order valence-electron chi connectivity index (χ4n) is 0.466. The van der Waals surface area contributed by atoms with Crippen molar-refractivity contribution in [2.45, 2.75) is 10.8 Å². The molecule has 0 aliphatic heterocycles. The number of alkyl halides is 4. The van der Waals surface area contributed by atoms with Crippen LogP contribution in [0.2, 0.25) is 0 Å². The molecule has 15 heavy (non-hydrogen) atoms. The van der Waals surface area contributed by atoms with Gasteiger partial charge < -0.3 is 9.05 Å². The maximum absolute atomic E-state index is 5.82. The molecule has 0 saturated carbocycles. The summed E-state index contributed by atoms with van der Waals surface area (Å²) in [6, 6.07) is 0. The van der Waals surface area contributed by atoms with Crippen LogP contribution in [-0.4, -0.2) is 35.7 Å². The summed E-state index contributed by atoms with van der Waals surface area (Å²) in [5, 5.41) is -0.674. The molecule has 0 amide bonds. The van der Waals surface area contributed by atoms with E-state index in [1.807, 2.05) is 0 Å². The summed E-state index contributed by atoms with van der Waals surface area (Å²) in [6.45, 7) is 0.305. The standard InChI is InChI=1S/C6H10Cl5O2PS/c7-1-5(9)3-12-14(11,15)13-4-6(10)2-8/h5-6H,1-4H2. The Morgan fingerprint density at radius 2 is 1.33 bits per heavy atom. The minimum absolute atomic E-state index is 0.152. The van der Waals surface area contributed by atoms with Gasteiger partial charge in [0.1, 0.15) is 0 Å². The zero-order valence-electron chi connectivity index (χ0n) is 7.54. The van der Waals surface area contributed by atoms with Crippen molar-refractivity contribution >= 4 is 75.3 Å². The summed E-state index contributed by atoms with van der Waals surface area (Å²) in [6.07, 6.45) is 0. The molecule has 2 atom stereocenters. The molecule has 0 aliphatic carbocycles. The Balaban J connectivity index is 3.81. The molecule has 9 heteroatoms. The SMILES string of the molecule is S=P(Cl)(OCC(Cl)CCl)OCC(Cl)CCl. The maximum atomic E-state index is 5.82. The first-order chi connectivity index (χ1) is 6.91. The molecule has 0 heterocycles. The van der Waals surface area contributed by atoms with Crippen LogP contribution in [0, 0.1) is 0 Å². The number of rotatable bonds is 8. The van der Waals surface area contributed by atoms with Crippen LogP contribution in [0.3, 0.4) is 0 Å². The van der Waals surface area contributed by atoms with Crippen LogP contribution in [0.1, 0.15) is 0 Å². The Bertz CT molecular complexity index is 202. The van der Waals surface area contributed by atoms with Gasteiger partial charge in [-0.05, 0) is 23.0 Å². The zero-order chi connectivity index (χ0) is 11.9. The van der Waals surface area contributed by atoms with Gasteiger partial charge in [-0.15, -0.1) is 46.4 Å². The highest BCUT2D eigenvalue weighted by molar-refractivity contribution is 8.22. The molecular formula is C6H10Cl5O2PS. The number of hydrogen-bond acceptors (Lipinski definition) is 3. The van der Waals surface area contributed by atoms with Crippen LogP contribution in [-0.2, 0) is 20.9 Å². The van der Waals surface area contributed by atoms with Gasteiger partial charge in [-0.2, -0.15) is 0 Å². The van der Waals surface area contributed by atoms with E-state index in [1.54, 1.807) is 0 Å². The highest BCUT2D eigenvalue weighted by Gasteiger charge is 2.19. The van der Waals surface area contributed by atoms with Crippen molar-refractivity contribution in [3.63, 3.8) is 0 Å². The second-order valence-electron chi connectivity index (χ2n) is 2.53. The fraction of sp³-hybridized carbons (Fsp3) is 1.00. The van der Waals surface area contributed by atoms with Gasteiger partial charge >= 0.3 is 0 Å². The van der Waals surface area contributed by atoms with E-state index < -0.39 is 5.84 Å². The lowest BCUT2D eigenvalue weighted by molar-refractivity contribution is 0.262. The van der Waals surface area contributed by atoms with Gasteiger partial charge in [0.2, 0.25) is 0 Å². The summed E-state index contributed by atoms with van der Waals surface area (Å²) in [5.41, 5.74) is 0. The van der Waals surface area contributed by atoms with Crippen LogP contribution in [0.5, 0.6) is 0 Å². The van der Waals surface area contributed by atoms with Gasteiger partial charge in [-0.1, -0.05) is 0 Å². The van der Waals surface area contributed by atoms with Crippen molar-refractivity contribution in [1.29, 1.82) is 0 Å². The summed E-state index contributed by atoms with van der Waals surface area (Å²) in [5.74, 6) is -2.29. The lowest BCUT2D eigenvalue weighted by atomic mass is 10.5. The molecule has 0 fully saturated rings. The number of hydrogen-bond donors (Lipinski definition) is 0. The predicted octanol–water partition coefficient (Wildman–Crippen LogP) is 4.18. The van der Waals surface area contributed by atoms with Crippen molar-refractivity contribution in [3.05, 3.63) is 0 Å². The van der Waals surface area contributed by atoms with Crippen molar-refractivity contribution in [2.75, 3.05) is 25.0 Å². The summed E-state index contributed by atoms with van der Waals surface area (Å²) >= 11 is 33.1. The minimum atomic E-state index is -2.81. The third-order valence-corrected chi connectivity index (χ3v) is 4.91. The van der Waals surface area contributed by atoms with Crippen LogP contribution in [0.25, 0.3) is 0 Å². The molecule has 0 aliphatic rings. The van der Waals surface area contributed by atoms with Gasteiger partial charge in [0.15, 0.2) is 0 Å². The van der Waals surface area contributed by atoms with E-state index >= 15 is 0 Å². The van der Waals surface area contributed by atoms with E-state index in [2.05, 4.69) is 0 Å². The fourth-order valence-corrected chi connectivity index (χ4v) is 2.44. The smallest absolute Gasteiger partial charge is 0.281 e. The molecule has 0 bridgehead atoms. The van der Waals surface area contributed by atoms with Crippen LogP contribution >= 0.6 is 63.5 Å². The lowest BCUT2D eigenvalue weighted by Crippen LogP contribution is -2.12.